The van der Waals surface area contributed by atoms with E-state index in [0.717, 1.165) is 118 Å². The molecular weight excluding hydrogens is 915 g/mol. The van der Waals surface area contributed by atoms with E-state index in [9.17, 15) is 0 Å². The monoisotopic (exact) mass is 1040 g/mol. The Hall–Kier alpha value is -1.49. The zero-order valence-corrected chi connectivity index (χ0v) is 44.1. The number of allylic oxidation sites excluding steroid dienone is 1. The first kappa shape index (κ1) is 79.4. The molecule has 0 radical (unpaired) electrons. The van der Waals surface area contributed by atoms with Crippen molar-refractivity contribution in [3.05, 3.63) is 48.9 Å². The minimum absolute atomic E-state index is 0. The quantitative estimate of drug-likeness (QED) is 0.107. The maximum atomic E-state index is 5.07. The Balaban J connectivity index is -0.000000225. The number of piperidine rings is 1. The Morgan fingerprint density at radius 2 is 0.625 bits per heavy atom. The molecule has 0 aromatic rings. The van der Waals surface area contributed by atoms with Crippen LogP contribution in [0.2, 0.25) is 0 Å². The van der Waals surface area contributed by atoms with Gasteiger partial charge in [-0.25, -0.2) is 0 Å². The van der Waals surface area contributed by atoms with Crippen molar-refractivity contribution in [2.24, 2.45) is 0 Å². The second-order valence-corrected chi connectivity index (χ2v) is 19.0. The first-order valence-corrected chi connectivity index (χ1v) is 29.0. The van der Waals surface area contributed by atoms with Gasteiger partial charge in [-0.05, 0) is 153 Å². The summed E-state index contributed by atoms with van der Waals surface area (Å²) in [6.07, 6.45) is 47.3. The highest BCUT2D eigenvalue weighted by Gasteiger charge is 1.98. The molecule has 0 atom stereocenters. The number of morpholine rings is 1. The van der Waals surface area contributed by atoms with Crippen LogP contribution in [0.1, 0.15) is 178 Å². The van der Waals surface area contributed by atoms with E-state index in [1.54, 1.807) is 0 Å². The molecule has 13 heteroatoms. The van der Waals surface area contributed by atoms with Crippen LogP contribution in [0.25, 0.3) is 0 Å². The van der Waals surface area contributed by atoms with Crippen LogP contribution in [0.4, 0.5) is 0 Å². The molecule has 434 valence electrons. The Kier molecular flexibility index (Phi) is 83.8. The highest BCUT2D eigenvalue weighted by molar-refractivity contribution is 7.99. The molecule has 12 nitrogen and oxygen atoms in total. The Bertz CT molecular complexity index is 776. The molecule has 12 rings (SSSR count). The maximum absolute atomic E-state index is 5.07. The van der Waals surface area contributed by atoms with Crippen molar-refractivity contribution >= 4 is 11.8 Å². The average Bonchev–Trinajstić information content (AvgIpc) is 4.32. The van der Waals surface area contributed by atoms with Crippen LogP contribution in [0, 0.1) is 0 Å². The van der Waals surface area contributed by atoms with E-state index in [4.69, 9.17) is 14.2 Å². The summed E-state index contributed by atoms with van der Waals surface area (Å²) in [6, 6.07) is 0. The van der Waals surface area contributed by atoms with E-state index in [-0.39, 0.29) is 37.1 Å². The van der Waals surface area contributed by atoms with Gasteiger partial charge in [0.2, 0.25) is 0 Å². The predicted octanol–water partition coefficient (Wildman–Crippen LogP) is 11.0. The average molecular weight is 1040 g/mol. The van der Waals surface area contributed by atoms with E-state index in [2.05, 4.69) is 96.1 Å². The molecule has 0 aromatic heterocycles. The van der Waals surface area contributed by atoms with Gasteiger partial charge in [-0.3, -0.25) is 0 Å². The highest BCUT2D eigenvalue weighted by atomic mass is 32.2. The topological polar surface area (TPSA) is 136 Å². The van der Waals surface area contributed by atoms with Gasteiger partial charge in [0, 0.05) is 98.4 Å². The number of hydrogen-bond donors (Lipinski definition) is 9. The fourth-order valence-electron chi connectivity index (χ4n) is 7.29. The van der Waals surface area contributed by atoms with Crippen molar-refractivity contribution in [2.45, 2.75) is 178 Å². The molecule has 1 saturated carbocycles. The van der Waals surface area contributed by atoms with Crippen molar-refractivity contribution < 1.29 is 14.2 Å². The second-order valence-electron chi connectivity index (χ2n) is 17.8. The summed E-state index contributed by atoms with van der Waals surface area (Å²) in [6.45, 7) is 24.1. The van der Waals surface area contributed by atoms with E-state index in [0.29, 0.717) is 0 Å². The molecule has 0 spiro atoms. The van der Waals surface area contributed by atoms with Gasteiger partial charge in [0.05, 0.1) is 13.2 Å². The molecule has 0 aromatic carbocycles. The lowest BCUT2D eigenvalue weighted by atomic mass is 10.0. The fourth-order valence-corrected chi connectivity index (χ4v) is 8.31. The maximum Gasteiger partial charge on any atom is 0.0591 e. The van der Waals surface area contributed by atoms with Crippen LogP contribution in [-0.4, -0.2) is 156 Å². The largest absolute Gasteiger partial charge is 0.391 e. The molecule has 1 aliphatic carbocycles. The molecule has 0 unspecified atom stereocenters. The Morgan fingerprint density at radius 3 is 0.792 bits per heavy atom. The van der Waals surface area contributed by atoms with Crippen molar-refractivity contribution in [1.29, 1.82) is 0 Å². The zero-order valence-electron chi connectivity index (χ0n) is 43.3. The standard InChI is InChI=1S/C6H12.C5H11N.2C5H9N.C5H10O.C4H10N2.C4H9NO.C4H9N.2C4H7N.C4H8O.C4H8S.5CH4/c5*1-2-4-6-5-3-1;1-2-6-4-3-5-1;1-3-6-4-2-5-1;5*1-2-4-5-3-1;;;;;/h1-6H2;6H,1-5H2;2,4,6H,1,3,5H2;1-2,6H,3-5H2;1-5H2;5-6H,1-4H2;5H,1-4H2;5H,1-4H2;1,3,5H,2,4H2;1-2,5H,3-4H2;2*1-4H2;5*1H4. The first-order valence-electron chi connectivity index (χ1n) is 27.8. The minimum atomic E-state index is 0. The molecule has 0 amide bonds. The van der Waals surface area contributed by atoms with Gasteiger partial charge in [-0.15, -0.1) is 0 Å². The minimum Gasteiger partial charge on any atom is -0.391 e. The molecule has 72 heavy (non-hydrogen) atoms. The summed E-state index contributed by atoms with van der Waals surface area (Å²) in [7, 11) is 0. The lowest BCUT2D eigenvalue weighted by Gasteiger charge is -2.11. The lowest BCUT2D eigenvalue weighted by molar-refractivity contribution is 0.0968. The van der Waals surface area contributed by atoms with Crippen LogP contribution in [0.5, 0.6) is 0 Å². The van der Waals surface area contributed by atoms with Crippen LogP contribution < -0.4 is 47.9 Å². The molecule has 8 fully saturated rings. The molecule has 0 bridgehead atoms. The summed E-state index contributed by atoms with van der Waals surface area (Å²) in [5.74, 6) is 2.83. The number of hydrogen-bond acceptors (Lipinski definition) is 13. The normalized spacial score (nSPS) is 21.2. The van der Waals surface area contributed by atoms with Crippen molar-refractivity contribution in [2.75, 3.05) is 156 Å². The third-order valence-corrected chi connectivity index (χ3v) is 12.6. The molecule has 9 N–H and O–H groups in total. The number of rotatable bonds is 0. The first-order chi connectivity index (χ1) is 33.5. The van der Waals surface area contributed by atoms with Crippen LogP contribution in [0.3, 0.4) is 0 Å². The molecule has 12 aliphatic rings. The van der Waals surface area contributed by atoms with Gasteiger partial charge in [-0.2, -0.15) is 11.8 Å². The molecule has 11 heterocycles. The molecule has 11 aliphatic heterocycles. The predicted molar refractivity (Wildman–Crippen MR) is 328 cm³/mol. The lowest BCUT2D eigenvalue weighted by Crippen LogP contribution is -2.39. The number of piperazine rings is 1. The smallest absolute Gasteiger partial charge is 0.0591 e. The summed E-state index contributed by atoms with van der Waals surface area (Å²) < 4.78 is 15.0. The van der Waals surface area contributed by atoms with Gasteiger partial charge in [0.1, 0.15) is 0 Å². The van der Waals surface area contributed by atoms with Crippen molar-refractivity contribution in [1.82, 2.24) is 47.9 Å². The summed E-state index contributed by atoms with van der Waals surface area (Å²) >= 11 is 2.07. The summed E-state index contributed by atoms with van der Waals surface area (Å²) in [5, 5.41) is 28.6. The van der Waals surface area contributed by atoms with E-state index in [1.165, 1.54) is 179 Å². The van der Waals surface area contributed by atoms with Gasteiger partial charge in [-0.1, -0.05) is 119 Å². The fraction of sp³-hybridized carbons (Fsp3) is 0.864. The number of nitrogens with one attached hydrogen (secondary N) is 9. The van der Waals surface area contributed by atoms with Crippen LogP contribution in [0.15, 0.2) is 48.9 Å². The van der Waals surface area contributed by atoms with Crippen LogP contribution in [-0.2, 0) is 14.2 Å². The third kappa shape index (κ3) is 72.8. The van der Waals surface area contributed by atoms with Crippen molar-refractivity contribution in [3.8, 4) is 0 Å². The van der Waals surface area contributed by atoms with Gasteiger partial charge in [0.25, 0.3) is 0 Å². The summed E-state index contributed by atoms with van der Waals surface area (Å²) in [5.41, 5.74) is 0. The molecular formula is C59H129N9O3S. The van der Waals surface area contributed by atoms with Crippen molar-refractivity contribution in [3.63, 3.8) is 0 Å². The highest BCUT2D eigenvalue weighted by Crippen LogP contribution is 2.15. The van der Waals surface area contributed by atoms with Gasteiger partial charge in [0.15, 0.2) is 0 Å². The number of thioether (sulfide) groups is 1. The van der Waals surface area contributed by atoms with Gasteiger partial charge >= 0.3 is 0 Å². The number of ether oxygens (including phenoxy) is 3. The van der Waals surface area contributed by atoms with E-state index < -0.39 is 0 Å². The Labute approximate surface area is 455 Å². The van der Waals surface area contributed by atoms with E-state index >= 15 is 0 Å². The second kappa shape index (κ2) is 76.0. The van der Waals surface area contributed by atoms with E-state index in [1.807, 2.05) is 12.4 Å². The summed E-state index contributed by atoms with van der Waals surface area (Å²) in [4.78, 5) is 0. The molecule has 7 saturated heterocycles. The zero-order chi connectivity index (χ0) is 47.4. The SMILES string of the molecule is C.C.C.C.C.C1=CCNC1.C1=CCNCC1.C1=CNCC1.C1=CNCCC1.C1CCCCC1.C1CCNC1.C1CCNCC1.C1CCOC1.C1CCOCC1.C1CCSC1.C1CNCCN1.C1COCCN1. The van der Waals surface area contributed by atoms with Gasteiger partial charge < -0.3 is 62.1 Å². The third-order valence-electron chi connectivity index (χ3n) is 11.4. The Morgan fingerprint density at radius 1 is 0.250 bits per heavy atom. The van der Waals surface area contributed by atoms with Crippen LogP contribution >= 0.6 is 11.8 Å².